The molecule has 0 amide bonds. The van der Waals surface area contributed by atoms with Crippen LogP contribution in [0.4, 0.5) is 0 Å². The third-order valence-electron chi connectivity index (χ3n) is 5.25. The van der Waals surface area contributed by atoms with Gasteiger partial charge in [-0.25, -0.2) is 0 Å². The topological polar surface area (TPSA) is 39.7 Å². The van der Waals surface area contributed by atoms with Crippen LogP contribution in [0.1, 0.15) is 36.8 Å². The van der Waals surface area contributed by atoms with Crippen molar-refractivity contribution >= 4 is 0 Å². The van der Waals surface area contributed by atoms with Crippen LogP contribution >= 0.6 is 0 Å². The summed E-state index contributed by atoms with van der Waals surface area (Å²) in [5, 5.41) is 3.46. The number of methoxy groups -OCH3 is 1. The summed E-state index contributed by atoms with van der Waals surface area (Å²) in [5.74, 6) is 3.15. The molecule has 1 aliphatic rings. The Labute approximate surface area is 162 Å². The van der Waals surface area contributed by atoms with Gasteiger partial charge in [-0.1, -0.05) is 37.3 Å². The van der Waals surface area contributed by atoms with Gasteiger partial charge in [-0.05, 0) is 55.1 Å². The van der Waals surface area contributed by atoms with Gasteiger partial charge in [0.15, 0.2) is 0 Å². The smallest absolute Gasteiger partial charge is 0.124 e. The van der Waals surface area contributed by atoms with Crippen molar-refractivity contribution in [3.8, 4) is 11.5 Å². The number of ether oxygens (including phenoxy) is 3. The van der Waals surface area contributed by atoms with Gasteiger partial charge in [-0.2, -0.15) is 0 Å². The normalized spacial score (nSPS) is 19.6. The van der Waals surface area contributed by atoms with E-state index in [1.165, 1.54) is 12.0 Å². The quantitative estimate of drug-likeness (QED) is 0.665. The average Bonchev–Trinajstić information content (AvgIpc) is 2.72. The minimum atomic E-state index is 0.563. The van der Waals surface area contributed by atoms with Gasteiger partial charge in [0.2, 0.25) is 0 Å². The van der Waals surface area contributed by atoms with E-state index in [9.17, 15) is 0 Å². The Hall–Kier alpha value is -2.04. The molecule has 0 aliphatic carbocycles. The highest BCUT2D eigenvalue weighted by Crippen LogP contribution is 2.30. The van der Waals surface area contributed by atoms with Crippen molar-refractivity contribution < 1.29 is 14.2 Å². The van der Waals surface area contributed by atoms with E-state index in [-0.39, 0.29) is 0 Å². The minimum absolute atomic E-state index is 0.563. The first-order valence-electron chi connectivity index (χ1n) is 9.91. The first-order valence-corrected chi connectivity index (χ1v) is 9.91. The highest BCUT2D eigenvalue weighted by molar-refractivity contribution is 5.32. The van der Waals surface area contributed by atoms with E-state index >= 15 is 0 Å². The Balaban J connectivity index is 1.35. The second kappa shape index (κ2) is 10.3. The first kappa shape index (κ1) is 19.7. The van der Waals surface area contributed by atoms with Crippen LogP contribution in [-0.4, -0.2) is 33.4 Å². The molecule has 2 aromatic carbocycles. The third-order valence-corrected chi connectivity index (χ3v) is 5.25. The van der Waals surface area contributed by atoms with Gasteiger partial charge in [0.25, 0.3) is 0 Å². The van der Waals surface area contributed by atoms with E-state index < -0.39 is 0 Å². The highest BCUT2D eigenvalue weighted by atomic mass is 16.5. The summed E-state index contributed by atoms with van der Waals surface area (Å²) in [7, 11) is 1.68. The number of rotatable bonds is 9. The van der Waals surface area contributed by atoms with E-state index in [0.29, 0.717) is 31.7 Å². The molecule has 2 aromatic rings. The third kappa shape index (κ3) is 5.72. The lowest BCUT2D eigenvalue weighted by Gasteiger charge is -2.30. The zero-order chi connectivity index (χ0) is 18.9. The summed E-state index contributed by atoms with van der Waals surface area (Å²) in [6.45, 7) is 6.44. The van der Waals surface area contributed by atoms with Crippen molar-refractivity contribution in [3.05, 3.63) is 59.7 Å². The SMILES string of the molecule is COc1ccccc1COCCCOc1ccc([C@@H]2CCNC[C@@H]2C)cc1. The van der Waals surface area contributed by atoms with E-state index in [1.54, 1.807) is 7.11 Å². The van der Waals surface area contributed by atoms with Crippen LogP contribution in [0.3, 0.4) is 0 Å². The van der Waals surface area contributed by atoms with Crippen LogP contribution in [-0.2, 0) is 11.3 Å². The molecule has 0 spiro atoms. The van der Waals surface area contributed by atoms with E-state index in [1.807, 2.05) is 24.3 Å². The van der Waals surface area contributed by atoms with Crippen molar-refractivity contribution in [2.75, 3.05) is 33.4 Å². The van der Waals surface area contributed by atoms with Crippen LogP contribution in [0, 0.1) is 5.92 Å². The lowest BCUT2D eigenvalue weighted by molar-refractivity contribution is 0.105. The van der Waals surface area contributed by atoms with Crippen LogP contribution in [0.25, 0.3) is 0 Å². The number of para-hydroxylation sites is 1. The van der Waals surface area contributed by atoms with E-state index in [2.05, 4.69) is 36.5 Å². The summed E-state index contributed by atoms with van der Waals surface area (Å²) in [6, 6.07) is 16.6. The zero-order valence-corrected chi connectivity index (χ0v) is 16.4. The van der Waals surface area contributed by atoms with Crippen LogP contribution in [0.5, 0.6) is 11.5 Å². The van der Waals surface area contributed by atoms with Crippen molar-refractivity contribution in [3.63, 3.8) is 0 Å². The fourth-order valence-electron chi connectivity index (χ4n) is 3.68. The minimum Gasteiger partial charge on any atom is -0.496 e. The van der Waals surface area contributed by atoms with Crippen molar-refractivity contribution in [1.29, 1.82) is 0 Å². The predicted octanol–water partition coefficient (Wildman–Crippen LogP) is 4.39. The van der Waals surface area contributed by atoms with Gasteiger partial charge in [0.1, 0.15) is 11.5 Å². The molecular weight excluding hydrogens is 338 g/mol. The Morgan fingerprint density at radius 2 is 1.85 bits per heavy atom. The molecule has 4 nitrogen and oxygen atoms in total. The molecule has 1 fully saturated rings. The Morgan fingerprint density at radius 3 is 2.63 bits per heavy atom. The van der Waals surface area contributed by atoms with Gasteiger partial charge in [0.05, 0.1) is 26.9 Å². The monoisotopic (exact) mass is 369 g/mol. The molecule has 1 saturated heterocycles. The molecular formula is C23H31NO3. The van der Waals surface area contributed by atoms with Gasteiger partial charge in [0, 0.05) is 12.0 Å². The number of benzene rings is 2. The molecule has 0 unspecified atom stereocenters. The number of piperidine rings is 1. The Kier molecular flexibility index (Phi) is 7.55. The second-order valence-electron chi connectivity index (χ2n) is 7.21. The summed E-state index contributed by atoms with van der Waals surface area (Å²) in [4.78, 5) is 0. The lowest BCUT2D eigenvalue weighted by Crippen LogP contribution is -2.33. The summed E-state index contributed by atoms with van der Waals surface area (Å²) in [5.41, 5.74) is 2.50. The van der Waals surface area contributed by atoms with Crippen molar-refractivity contribution in [2.45, 2.75) is 32.3 Å². The molecule has 1 heterocycles. The largest absolute Gasteiger partial charge is 0.496 e. The van der Waals surface area contributed by atoms with Crippen LogP contribution in [0.2, 0.25) is 0 Å². The molecule has 0 radical (unpaired) electrons. The fourth-order valence-corrected chi connectivity index (χ4v) is 3.68. The van der Waals surface area contributed by atoms with Crippen LogP contribution in [0.15, 0.2) is 48.5 Å². The molecule has 1 N–H and O–H groups in total. The average molecular weight is 370 g/mol. The maximum atomic E-state index is 5.86. The lowest BCUT2D eigenvalue weighted by atomic mass is 9.82. The molecule has 0 aromatic heterocycles. The van der Waals surface area contributed by atoms with Crippen LogP contribution < -0.4 is 14.8 Å². The van der Waals surface area contributed by atoms with Gasteiger partial charge < -0.3 is 19.5 Å². The molecule has 1 aliphatic heterocycles. The standard InChI is InChI=1S/C23H31NO3/c1-18-16-24-13-12-22(18)19-8-10-21(11-9-19)27-15-5-14-26-17-20-6-3-4-7-23(20)25-2/h3-4,6-11,18,22,24H,5,12-17H2,1-2H3/t18-,22+/m0/s1. The highest BCUT2D eigenvalue weighted by Gasteiger charge is 2.22. The molecule has 0 saturated carbocycles. The fraction of sp³-hybridized carbons (Fsp3) is 0.478. The van der Waals surface area contributed by atoms with Crippen molar-refractivity contribution in [1.82, 2.24) is 5.32 Å². The predicted molar refractivity (Wildman–Crippen MR) is 109 cm³/mol. The molecule has 2 atom stereocenters. The first-order chi connectivity index (χ1) is 13.3. The molecule has 146 valence electrons. The molecule has 4 heteroatoms. The zero-order valence-electron chi connectivity index (χ0n) is 16.4. The molecule has 0 bridgehead atoms. The second-order valence-corrected chi connectivity index (χ2v) is 7.21. The van der Waals surface area contributed by atoms with Gasteiger partial charge in [-0.15, -0.1) is 0 Å². The number of hydrogen-bond donors (Lipinski definition) is 1. The molecule has 27 heavy (non-hydrogen) atoms. The Morgan fingerprint density at radius 1 is 1.04 bits per heavy atom. The van der Waals surface area contributed by atoms with E-state index in [0.717, 1.165) is 36.6 Å². The number of nitrogens with one attached hydrogen (secondary N) is 1. The summed E-state index contributed by atoms with van der Waals surface area (Å²) < 4.78 is 16.9. The van der Waals surface area contributed by atoms with Crippen molar-refractivity contribution in [2.24, 2.45) is 5.92 Å². The Bertz CT molecular complexity index is 686. The maximum Gasteiger partial charge on any atom is 0.124 e. The van der Waals surface area contributed by atoms with E-state index in [4.69, 9.17) is 14.2 Å². The van der Waals surface area contributed by atoms with Gasteiger partial charge in [-0.3, -0.25) is 0 Å². The number of hydrogen-bond acceptors (Lipinski definition) is 4. The van der Waals surface area contributed by atoms with Gasteiger partial charge >= 0.3 is 0 Å². The summed E-state index contributed by atoms with van der Waals surface area (Å²) in [6.07, 6.45) is 2.08. The molecule has 3 rings (SSSR count). The maximum absolute atomic E-state index is 5.86. The summed E-state index contributed by atoms with van der Waals surface area (Å²) >= 11 is 0.